The first-order valence-corrected chi connectivity index (χ1v) is 9.71. The van der Waals surface area contributed by atoms with Crippen LogP contribution in [-0.4, -0.2) is 24.0 Å². The number of hydrogen-bond donors (Lipinski definition) is 1. The Balaban J connectivity index is 1.49. The fourth-order valence-electron chi connectivity index (χ4n) is 2.61. The van der Waals surface area contributed by atoms with E-state index in [-0.39, 0.29) is 18.1 Å². The molecule has 0 saturated heterocycles. The fraction of sp³-hybridized carbons (Fsp3) is 0.238. The minimum atomic E-state index is -0.255. The first-order valence-electron chi connectivity index (χ1n) is 8.83. The molecule has 3 rings (SSSR count). The van der Waals surface area contributed by atoms with E-state index in [1.54, 1.807) is 12.1 Å². The number of halogens is 1. The highest BCUT2D eigenvalue weighted by molar-refractivity contribution is 7.13. The molecule has 3 aromatic rings. The number of carbonyl (C=O) groups is 1. The molecule has 1 N–H and O–H groups in total. The maximum Gasteiger partial charge on any atom is 0.226 e. The van der Waals surface area contributed by atoms with Crippen molar-refractivity contribution in [2.45, 2.75) is 19.8 Å². The van der Waals surface area contributed by atoms with Crippen molar-refractivity contribution in [1.82, 2.24) is 10.3 Å². The molecular weight excluding hydrogens is 363 g/mol. The third-order valence-electron chi connectivity index (χ3n) is 3.95. The van der Waals surface area contributed by atoms with Crippen molar-refractivity contribution in [1.29, 1.82) is 0 Å². The second kappa shape index (κ2) is 9.28. The highest BCUT2D eigenvalue weighted by atomic mass is 32.1. The first kappa shape index (κ1) is 19.0. The Hall–Kier alpha value is -2.73. The maximum atomic E-state index is 12.9. The van der Waals surface area contributed by atoms with E-state index < -0.39 is 0 Å². The molecule has 1 heterocycles. The normalized spacial score (nSPS) is 10.6. The minimum absolute atomic E-state index is 0.0688. The van der Waals surface area contributed by atoms with E-state index in [0.29, 0.717) is 19.6 Å². The number of thiazole rings is 1. The van der Waals surface area contributed by atoms with Crippen LogP contribution in [0.1, 0.15) is 18.2 Å². The lowest BCUT2D eigenvalue weighted by atomic mass is 10.1. The van der Waals surface area contributed by atoms with E-state index in [9.17, 15) is 9.18 Å². The molecule has 0 spiro atoms. The van der Waals surface area contributed by atoms with E-state index in [2.05, 4.69) is 10.3 Å². The van der Waals surface area contributed by atoms with Crippen LogP contribution in [0, 0.1) is 5.82 Å². The van der Waals surface area contributed by atoms with Gasteiger partial charge in [-0.1, -0.05) is 12.1 Å². The van der Waals surface area contributed by atoms with E-state index >= 15 is 0 Å². The van der Waals surface area contributed by atoms with Crippen LogP contribution in [0.15, 0.2) is 53.9 Å². The zero-order valence-corrected chi connectivity index (χ0v) is 15.9. The Morgan fingerprint density at radius 2 is 1.89 bits per heavy atom. The number of carbonyl (C=O) groups excluding carboxylic acids is 1. The maximum absolute atomic E-state index is 12.9. The second-order valence-electron chi connectivity index (χ2n) is 6.00. The molecule has 6 heteroatoms. The quantitative estimate of drug-likeness (QED) is 0.632. The van der Waals surface area contributed by atoms with Crippen LogP contribution in [0.5, 0.6) is 5.75 Å². The number of nitrogens with one attached hydrogen (secondary N) is 1. The average molecular weight is 384 g/mol. The zero-order valence-electron chi connectivity index (χ0n) is 15.1. The Kier molecular flexibility index (Phi) is 6.54. The third kappa shape index (κ3) is 5.62. The number of hydrogen-bond acceptors (Lipinski definition) is 4. The summed E-state index contributed by atoms with van der Waals surface area (Å²) in [5, 5.41) is 5.67. The number of ether oxygens (including phenoxy) is 1. The number of benzene rings is 2. The average Bonchev–Trinajstić information content (AvgIpc) is 3.13. The van der Waals surface area contributed by atoms with Crippen LogP contribution < -0.4 is 10.1 Å². The molecule has 0 aliphatic carbocycles. The molecule has 0 bridgehead atoms. The predicted octanol–water partition coefficient (Wildman–Crippen LogP) is 4.25. The summed E-state index contributed by atoms with van der Waals surface area (Å²) in [5.41, 5.74) is 2.75. The van der Waals surface area contributed by atoms with Crippen LogP contribution in [0.25, 0.3) is 10.6 Å². The Bertz CT molecular complexity index is 876. The van der Waals surface area contributed by atoms with Gasteiger partial charge in [-0.05, 0) is 55.3 Å². The summed E-state index contributed by atoms with van der Waals surface area (Å²) in [4.78, 5) is 16.6. The molecular formula is C21H21FN2O2S. The fourth-order valence-corrected chi connectivity index (χ4v) is 3.43. The number of nitrogens with zero attached hydrogens (tertiary/aromatic N) is 1. The number of amides is 1. The summed E-state index contributed by atoms with van der Waals surface area (Å²) in [6, 6.07) is 14.1. The van der Waals surface area contributed by atoms with Crippen molar-refractivity contribution in [2.24, 2.45) is 0 Å². The number of rotatable bonds is 8. The van der Waals surface area contributed by atoms with Gasteiger partial charge in [0.1, 0.15) is 16.6 Å². The van der Waals surface area contributed by atoms with Gasteiger partial charge in [0, 0.05) is 17.5 Å². The van der Waals surface area contributed by atoms with Crippen molar-refractivity contribution in [2.75, 3.05) is 13.2 Å². The molecule has 0 radical (unpaired) electrons. The van der Waals surface area contributed by atoms with Crippen molar-refractivity contribution in [3.8, 4) is 16.3 Å². The Labute approximate surface area is 162 Å². The predicted molar refractivity (Wildman–Crippen MR) is 106 cm³/mol. The van der Waals surface area contributed by atoms with Gasteiger partial charge in [-0.25, -0.2) is 9.37 Å². The van der Waals surface area contributed by atoms with E-state index in [1.165, 1.54) is 23.5 Å². The lowest BCUT2D eigenvalue weighted by molar-refractivity contribution is -0.120. The van der Waals surface area contributed by atoms with Gasteiger partial charge in [0.2, 0.25) is 5.91 Å². The van der Waals surface area contributed by atoms with Crippen LogP contribution in [-0.2, 0) is 17.6 Å². The lowest BCUT2D eigenvalue weighted by Gasteiger charge is -2.04. The molecule has 0 saturated carbocycles. The minimum Gasteiger partial charge on any atom is -0.494 e. The zero-order chi connectivity index (χ0) is 19.1. The summed E-state index contributed by atoms with van der Waals surface area (Å²) in [7, 11) is 0. The van der Waals surface area contributed by atoms with Gasteiger partial charge in [-0.15, -0.1) is 11.3 Å². The molecule has 2 aromatic carbocycles. The van der Waals surface area contributed by atoms with Gasteiger partial charge >= 0.3 is 0 Å². The van der Waals surface area contributed by atoms with Gasteiger partial charge in [0.15, 0.2) is 0 Å². The standard InChI is InChI=1S/C21H21FN2O2S/c1-2-26-19-9-5-16(6-10-19)21-24-18(14-27-21)13-20(25)23-12-11-15-3-7-17(22)8-4-15/h3-10,14H,2,11-13H2,1H3,(H,23,25). The summed E-state index contributed by atoms with van der Waals surface area (Å²) in [6.07, 6.45) is 0.914. The second-order valence-corrected chi connectivity index (χ2v) is 6.86. The van der Waals surface area contributed by atoms with Crippen LogP contribution in [0.4, 0.5) is 4.39 Å². The van der Waals surface area contributed by atoms with E-state index in [0.717, 1.165) is 27.6 Å². The van der Waals surface area contributed by atoms with Crippen molar-refractivity contribution in [3.63, 3.8) is 0 Å². The summed E-state index contributed by atoms with van der Waals surface area (Å²) in [5.74, 6) is 0.508. The highest BCUT2D eigenvalue weighted by Crippen LogP contribution is 2.26. The molecule has 0 fully saturated rings. The molecule has 140 valence electrons. The van der Waals surface area contributed by atoms with Gasteiger partial charge in [-0.2, -0.15) is 0 Å². The van der Waals surface area contributed by atoms with Crippen molar-refractivity contribution < 1.29 is 13.9 Å². The summed E-state index contributed by atoms with van der Waals surface area (Å²) in [6.45, 7) is 3.10. The van der Waals surface area contributed by atoms with Gasteiger partial charge < -0.3 is 10.1 Å². The molecule has 1 amide bonds. The van der Waals surface area contributed by atoms with Gasteiger partial charge in [-0.3, -0.25) is 4.79 Å². The van der Waals surface area contributed by atoms with Gasteiger partial charge in [0.05, 0.1) is 18.7 Å². The Morgan fingerprint density at radius 3 is 2.59 bits per heavy atom. The molecule has 0 unspecified atom stereocenters. The first-order chi connectivity index (χ1) is 13.1. The van der Waals surface area contributed by atoms with Crippen molar-refractivity contribution >= 4 is 17.2 Å². The van der Waals surface area contributed by atoms with Crippen LogP contribution >= 0.6 is 11.3 Å². The van der Waals surface area contributed by atoms with Crippen LogP contribution in [0.2, 0.25) is 0 Å². The molecule has 0 atom stereocenters. The lowest BCUT2D eigenvalue weighted by Crippen LogP contribution is -2.27. The van der Waals surface area contributed by atoms with E-state index in [4.69, 9.17) is 4.74 Å². The molecule has 0 aliphatic rings. The molecule has 0 aliphatic heterocycles. The molecule has 1 aromatic heterocycles. The number of aromatic nitrogens is 1. The van der Waals surface area contributed by atoms with Gasteiger partial charge in [0.25, 0.3) is 0 Å². The Morgan fingerprint density at radius 1 is 1.15 bits per heavy atom. The molecule has 27 heavy (non-hydrogen) atoms. The van der Waals surface area contributed by atoms with Crippen molar-refractivity contribution in [3.05, 3.63) is 71.0 Å². The highest BCUT2D eigenvalue weighted by Gasteiger charge is 2.09. The summed E-state index contributed by atoms with van der Waals surface area (Å²) < 4.78 is 18.3. The SMILES string of the molecule is CCOc1ccc(-c2nc(CC(=O)NCCc3ccc(F)cc3)cs2)cc1. The third-order valence-corrected chi connectivity index (χ3v) is 4.89. The smallest absolute Gasteiger partial charge is 0.226 e. The monoisotopic (exact) mass is 384 g/mol. The van der Waals surface area contributed by atoms with Crippen LogP contribution in [0.3, 0.4) is 0 Å². The van der Waals surface area contributed by atoms with E-state index in [1.807, 2.05) is 36.6 Å². The topological polar surface area (TPSA) is 51.2 Å². The molecule has 4 nitrogen and oxygen atoms in total. The largest absolute Gasteiger partial charge is 0.494 e. The summed E-state index contributed by atoms with van der Waals surface area (Å²) >= 11 is 1.52.